The first kappa shape index (κ1) is 15.4. The molecule has 3 N–H and O–H groups in total. The Bertz CT molecular complexity index is 502. The lowest BCUT2D eigenvalue weighted by molar-refractivity contribution is 0.0660. The average molecular weight is 294 g/mol. The monoisotopic (exact) mass is 294 g/mol. The Morgan fingerprint density at radius 2 is 1.90 bits per heavy atom. The maximum Gasteiger partial charge on any atom is 0.371 e. The van der Waals surface area contributed by atoms with Gasteiger partial charge in [0.05, 0.1) is 6.54 Å². The van der Waals surface area contributed by atoms with E-state index in [1.807, 2.05) is 0 Å². The van der Waals surface area contributed by atoms with Gasteiger partial charge in [0.2, 0.25) is 5.76 Å². The second-order valence-electron chi connectivity index (χ2n) is 6.01. The van der Waals surface area contributed by atoms with E-state index in [0.29, 0.717) is 17.6 Å². The molecule has 1 aromatic heterocycles. The predicted molar refractivity (Wildman–Crippen MR) is 77.0 cm³/mol. The molecular formula is C15H22N2O4. The smallest absolute Gasteiger partial charge is 0.371 e. The van der Waals surface area contributed by atoms with Crippen molar-refractivity contribution < 1.29 is 19.1 Å². The molecule has 0 bridgehead atoms. The van der Waals surface area contributed by atoms with Gasteiger partial charge in [0, 0.05) is 6.04 Å². The number of carboxylic acid groups (broad SMARTS) is 1. The highest BCUT2D eigenvalue weighted by atomic mass is 16.4. The van der Waals surface area contributed by atoms with Crippen molar-refractivity contribution in [3.8, 4) is 0 Å². The van der Waals surface area contributed by atoms with Crippen molar-refractivity contribution in [1.29, 1.82) is 0 Å². The first-order chi connectivity index (χ1) is 9.94. The highest BCUT2D eigenvalue weighted by Gasteiger charge is 2.24. The molecule has 0 aromatic carbocycles. The molecule has 6 nitrogen and oxygen atoms in total. The molecule has 1 aromatic rings. The first-order valence-electron chi connectivity index (χ1n) is 7.30. The third kappa shape index (κ3) is 4.51. The van der Waals surface area contributed by atoms with Crippen LogP contribution < -0.4 is 10.6 Å². The van der Waals surface area contributed by atoms with E-state index in [1.165, 1.54) is 12.5 Å². The third-order valence-corrected chi connectivity index (χ3v) is 3.81. The van der Waals surface area contributed by atoms with Crippen molar-refractivity contribution in [2.45, 2.75) is 45.7 Å². The minimum absolute atomic E-state index is 0.123. The van der Waals surface area contributed by atoms with E-state index >= 15 is 0 Å². The summed E-state index contributed by atoms with van der Waals surface area (Å²) in [6.07, 6.45) is 3.22. The van der Waals surface area contributed by atoms with Crippen molar-refractivity contribution in [1.82, 2.24) is 10.6 Å². The maximum atomic E-state index is 11.9. The van der Waals surface area contributed by atoms with Gasteiger partial charge in [0.25, 0.3) is 0 Å². The second kappa shape index (κ2) is 6.65. The average Bonchev–Trinajstić information content (AvgIpc) is 2.84. The van der Waals surface area contributed by atoms with E-state index in [9.17, 15) is 9.59 Å². The Morgan fingerprint density at radius 1 is 1.24 bits per heavy atom. The highest BCUT2D eigenvalue weighted by molar-refractivity contribution is 5.84. The summed E-state index contributed by atoms with van der Waals surface area (Å²) < 4.78 is 5.08. The van der Waals surface area contributed by atoms with Gasteiger partial charge in [-0.15, -0.1) is 0 Å². The van der Waals surface area contributed by atoms with Crippen LogP contribution in [-0.2, 0) is 6.54 Å². The fourth-order valence-corrected chi connectivity index (χ4v) is 3.06. The van der Waals surface area contributed by atoms with E-state index in [0.717, 1.165) is 12.8 Å². The number of rotatable bonds is 4. The minimum atomic E-state index is -1.11. The SMILES string of the molecule is CC1CC(C)CC(NC(=O)NCc2ccc(C(=O)O)o2)C1. The molecule has 2 rings (SSSR count). The second-order valence-corrected chi connectivity index (χ2v) is 6.01. The van der Waals surface area contributed by atoms with Crippen LogP contribution in [0.4, 0.5) is 4.79 Å². The van der Waals surface area contributed by atoms with Crippen LogP contribution in [0.5, 0.6) is 0 Å². The number of carboxylic acids is 1. The summed E-state index contributed by atoms with van der Waals surface area (Å²) in [5.41, 5.74) is 0. The van der Waals surface area contributed by atoms with E-state index in [1.54, 1.807) is 6.07 Å². The fourth-order valence-electron chi connectivity index (χ4n) is 3.06. The summed E-state index contributed by atoms with van der Waals surface area (Å²) in [5, 5.41) is 14.4. The topological polar surface area (TPSA) is 91.6 Å². The highest BCUT2D eigenvalue weighted by Crippen LogP contribution is 2.28. The van der Waals surface area contributed by atoms with Crippen LogP contribution in [0.2, 0.25) is 0 Å². The summed E-state index contributed by atoms with van der Waals surface area (Å²) in [4.78, 5) is 22.5. The summed E-state index contributed by atoms with van der Waals surface area (Å²) in [6.45, 7) is 4.59. The van der Waals surface area contributed by atoms with Crippen molar-refractivity contribution in [3.63, 3.8) is 0 Å². The number of furan rings is 1. The van der Waals surface area contributed by atoms with E-state index < -0.39 is 5.97 Å². The molecule has 0 saturated heterocycles. The number of urea groups is 1. The zero-order chi connectivity index (χ0) is 15.4. The van der Waals surface area contributed by atoms with Crippen molar-refractivity contribution in [2.75, 3.05) is 0 Å². The standard InChI is InChI=1S/C15H22N2O4/c1-9-5-10(2)7-11(6-9)17-15(20)16-8-12-3-4-13(21-12)14(18)19/h3-4,9-11H,5-8H2,1-2H3,(H,18,19)(H2,16,17,20). The van der Waals surface area contributed by atoms with E-state index in [2.05, 4.69) is 24.5 Å². The van der Waals surface area contributed by atoms with Gasteiger partial charge in [-0.05, 0) is 43.2 Å². The molecule has 2 unspecified atom stereocenters. The molecule has 2 atom stereocenters. The molecular weight excluding hydrogens is 272 g/mol. The zero-order valence-electron chi connectivity index (χ0n) is 12.4. The van der Waals surface area contributed by atoms with E-state index in [-0.39, 0.29) is 24.4 Å². The number of aromatic carboxylic acids is 1. The molecule has 21 heavy (non-hydrogen) atoms. The van der Waals surface area contributed by atoms with Gasteiger partial charge in [0.1, 0.15) is 5.76 Å². The van der Waals surface area contributed by atoms with Crippen LogP contribution in [0.3, 0.4) is 0 Å². The van der Waals surface area contributed by atoms with Gasteiger partial charge >= 0.3 is 12.0 Å². The Balaban J connectivity index is 1.77. The third-order valence-electron chi connectivity index (χ3n) is 3.81. The molecule has 116 valence electrons. The summed E-state index contributed by atoms with van der Waals surface area (Å²) in [7, 11) is 0. The summed E-state index contributed by atoms with van der Waals surface area (Å²) in [5.74, 6) is 0.440. The zero-order valence-corrected chi connectivity index (χ0v) is 12.4. The number of carbonyl (C=O) groups excluding carboxylic acids is 1. The van der Waals surface area contributed by atoms with Gasteiger partial charge < -0.3 is 20.2 Å². The van der Waals surface area contributed by atoms with Crippen LogP contribution in [0.1, 0.15) is 49.4 Å². The van der Waals surface area contributed by atoms with Crippen LogP contribution in [-0.4, -0.2) is 23.1 Å². The lowest BCUT2D eigenvalue weighted by Crippen LogP contribution is -2.44. The molecule has 1 fully saturated rings. The Hall–Kier alpha value is -1.98. The van der Waals surface area contributed by atoms with Crippen LogP contribution in [0, 0.1) is 11.8 Å². The number of carbonyl (C=O) groups is 2. The normalized spacial score (nSPS) is 25.3. The largest absolute Gasteiger partial charge is 0.475 e. The molecule has 1 aliphatic rings. The number of nitrogens with one attached hydrogen (secondary N) is 2. The van der Waals surface area contributed by atoms with Crippen LogP contribution >= 0.6 is 0 Å². The molecule has 0 spiro atoms. The van der Waals surface area contributed by atoms with Gasteiger partial charge in [-0.2, -0.15) is 0 Å². The molecule has 1 aliphatic carbocycles. The van der Waals surface area contributed by atoms with Crippen molar-refractivity contribution in [3.05, 3.63) is 23.7 Å². The Morgan fingerprint density at radius 3 is 2.48 bits per heavy atom. The summed E-state index contributed by atoms with van der Waals surface area (Å²) >= 11 is 0. The van der Waals surface area contributed by atoms with E-state index in [4.69, 9.17) is 9.52 Å². The molecule has 0 aliphatic heterocycles. The van der Waals surface area contributed by atoms with Crippen LogP contribution in [0.15, 0.2) is 16.5 Å². The lowest BCUT2D eigenvalue weighted by atomic mass is 9.80. The number of hydrogen-bond donors (Lipinski definition) is 3. The minimum Gasteiger partial charge on any atom is -0.475 e. The maximum absolute atomic E-state index is 11.9. The Labute approximate surface area is 123 Å². The predicted octanol–water partition coefficient (Wildman–Crippen LogP) is 2.60. The lowest BCUT2D eigenvalue weighted by Gasteiger charge is -2.31. The molecule has 0 radical (unpaired) electrons. The van der Waals surface area contributed by atoms with Gasteiger partial charge in [-0.3, -0.25) is 0 Å². The number of hydrogen-bond acceptors (Lipinski definition) is 3. The summed E-state index contributed by atoms with van der Waals surface area (Å²) in [6, 6.07) is 2.89. The Kier molecular flexibility index (Phi) is 4.88. The molecule has 6 heteroatoms. The van der Waals surface area contributed by atoms with Gasteiger partial charge in [0.15, 0.2) is 0 Å². The molecule has 1 saturated carbocycles. The van der Waals surface area contributed by atoms with Crippen LogP contribution in [0.25, 0.3) is 0 Å². The van der Waals surface area contributed by atoms with Gasteiger partial charge in [-0.1, -0.05) is 13.8 Å². The quantitative estimate of drug-likeness (QED) is 0.796. The molecule has 1 heterocycles. The van der Waals surface area contributed by atoms with Crippen molar-refractivity contribution in [2.24, 2.45) is 11.8 Å². The van der Waals surface area contributed by atoms with Crippen molar-refractivity contribution >= 4 is 12.0 Å². The molecule has 2 amide bonds. The number of amides is 2. The van der Waals surface area contributed by atoms with Gasteiger partial charge in [-0.25, -0.2) is 9.59 Å². The first-order valence-corrected chi connectivity index (χ1v) is 7.30. The fraction of sp³-hybridized carbons (Fsp3) is 0.600.